The molecule has 0 spiro atoms. The van der Waals surface area contributed by atoms with E-state index in [4.69, 9.17) is 4.74 Å². The predicted molar refractivity (Wildman–Crippen MR) is 156 cm³/mol. The van der Waals surface area contributed by atoms with Crippen LogP contribution in [0.1, 0.15) is 19.3 Å². The third kappa shape index (κ3) is 6.58. The molecule has 2 atom stereocenters. The summed E-state index contributed by atoms with van der Waals surface area (Å²) in [7, 11) is 0.792. The molecule has 2 aromatic carbocycles. The fraction of sp³-hybridized carbons (Fsp3) is 0.379. The fourth-order valence-electron chi connectivity index (χ4n) is 5.27. The summed E-state index contributed by atoms with van der Waals surface area (Å²) in [6.45, 7) is 2.09. The van der Waals surface area contributed by atoms with Crippen molar-refractivity contribution in [1.82, 2.24) is 24.6 Å². The van der Waals surface area contributed by atoms with Gasteiger partial charge in [-0.25, -0.2) is 23.1 Å². The van der Waals surface area contributed by atoms with Crippen LogP contribution in [-0.4, -0.2) is 74.4 Å². The quantitative estimate of drug-likeness (QED) is 0.255. The highest BCUT2D eigenvalue weighted by molar-refractivity contribution is 7.88. The van der Waals surface area contributed by atoms with E-state index in [9.17, 15) is 8.42 Å². The Balaban J connectivity index is 1.47. The minimum Gasteiger partial charge on any atom is -0.492 e. The molecule has 1 saturated carbocycles. The van der Waals surface area contributed by atoms with Gasteiger partial charge in [-0.15, -0.1) is 0 Å². The number of hydrogen-bond donors (Lipinski definition) is 3. The minimum absolute atomic E-state index is 0.0707. The SMILES string of the molecule is CN(C)CCOc1ccc(-c2[nH]c3ncnc(NC[C@@H]4CCC[C@H]4NS(C)(=O)=O)c3c2-c2ccccc2)cc1. The fourth-order valence-corrected chi connectivity index (χ4v) is 6.13. The maximum absolute atomic E-state index is 11.9. The molecule has 0 radical (unpaired) electrons. The van der Waals surface area contributed by atoms with Crippen LogP contribution in [0.4, 0.5) is 5.82 Å². The van der Waals surface area contributed by atoms with E-state index in [1.54, 1.807) is 6.33 Å². The molecule has 2 aromatic heterocycles. The van der Waals surface area contributed by atoms with Crippen molar-refractivity contribution >= 4 is 26.9 Å². The van der Waals surface area contributed by atoms with Gasteiger partial charge in [-0.3, -0.25) is 0 Å². The molecule has 3 N–H and O–H groups in total. The van der Waals surface area contributed by atoms with Crippen LogP contribution in [0.3, 0.4) is 0 Å². The van der Waals surface area contributed by atoms with E-state index < -0.39 is 10.0 Å². The topological polar surface area (TPSA) is 112 Å². The van der Waals surface area contributed by atoms with Gasteiger partial charge in [-0.2, -0.15) is 0 Å². The van der Waals surface area contributed by atoms with Gasteiger partial charge in [0.25, 0.3) is 0 Å². The van der Waals surface area contributed by atoms with Crippen LogP contribution in [0.25, 0.3) is 33.4 Å². The van der Waals surface area contributed by atoms with Crippen LogP contribution < -0.4 is 14.8 Å². The zero-order valence-electron chi connectivity index (χ0n) is 22.6. The first-order valence-corrected chi connectivity index (χ1v) is 15.2. The van der Waals surface area contributed by atoms with Gasteiger partial charge in [0.15, 0.2) is 0 Å². The molecule has 9 nitrogen and oxygen atoms in total. The zero-order valence-corrected chi connectivity index (χ0v) is 23.5. The van der Waals surface area contributed by atoms with Gasteiger partial charge in [0, 0.05) is 24.7 Å². The number of benzene rings is 2. The van der Waals surface area contributed by atoms with E-state index in [0.717, 1.165) is 70.8 Å². The summed E-state index contributed by atoms with van der Waals surface area (Å²) in [6, 6.07) is 18.3. The van der Waals surface area contributed by atoms with E-state index in [1.165, 1.54) is 6.26 Å². The predicted octanol–water partition coefficient (Wildman–Crippen LogP) is 4.36. The van der Waals surface area contributed by atoms with Gasteiger partial charge in [0.1, 0.15) is 30.1 Å². The second kappa shape index (κ2) is 11.7. The van der Waals surface area contributed by atoms with Crippen molar-refractivity contribution in [2.45, 2.75) is 25.3 Å². The monoisotopic (exact) mass is 548 g/mol. The third-order valence-electron chi connectivity index (χ3n) is 7.16. The summed E-state index contributed by atoms with van der Waals surface area (Å²) in [5, 5.41) is 4.44. The number of fused-ring (bicyclic) bond motifs is 1. The Kier molecular flexibility index (Phi) is 8.15. The summed E-state index contributed by atoms with van der Waals surface area (Å²) in [6.07, 6.45) is 5.58. The van der Waals surface area contributed by atoms with Gasteiger partial charge in [-0.1, -0.05) is 36.8 Å². The zero-order chi connectivity index (χ0) is 27.4. The van der Waals surface area contributed by atoms with Gasteiger partial charge in [0.2, 0.25) is 10.0 Å². The number of ether oxygens (including phenoxy) is 1. The van der Waals surface area contributed by atoms with Crippen molar-refractivity contribution in [2.75, 3.05) is 45.4 Å². The Hall–Kier alpha value is -3.47. The Morgan fingerprint density at radius 1 is 1.03 bits per heavy atom. The molecule has 39 heavy (non-hydrogen) atoms. The summed E-state index contributed by atoms with van der Waals surface area (Å²) in [5.74, 6) is 1.74. The first-order chi connectivity index (χ1) is 18.8. The number of nitrogens with one attached hydrogen (secondary N) is 3. The van der Waals surface area contributed by atoms with E-state index in [1.807, 2.05) is 44.4 Å². The van der Waals surface area contributed by atoms with Crippen molar-refractivity contribution in [1.29, 1.82) is 0 Å². The molecule has 0 aliphatic heterocycles. The maximum Gasteiger partial charge on any atom is 0.208 e. The molecule has 1 aliphatic carbocycles. The van der Waals surface area contributed by atoms with Crippen LogP contribution >= 0.6 is 0 Å². The van der Waals surface area contributed by atoms with Gasteiger partial charge in [-0.05, 0) is 68.2 Å². The third-order valence-corrected chi connectivity index (χ3v) is 7.89. The first-order valence-electron chi connectivity index (χ1n) is 13.3. The number of nitrogens with zero attached hydrogens (tertiary/aromatic N) is 3. The summed E-state index contributed by atoms with van der Waals surface area (Å²) >= 11 is 0. The number of likely N-dealkylation sites (N-methyl/N-ethyl adjacent to an activating group) is 1. The second-order valence-corrected chi connectivity index (χ2v) is 12.2. The number of aromatic nitrogens is 3. The van der Waals surface area contributed by atoms with Crippen molar-refractivity contribution in [3.05, 3.63) is 60.9 Å². The molecule has 0 amide bonds. The normalized spacial score (nSPS) is 17.6. The molecular formula is C29H36N6O3S. The largest absolute Gasteiger partial charge is 0.492 e. The number of aromatic amines is 1. The van der Waals surface area contributed by atoms with Crippen LogP contribution in [0.5, 0.6) is 5.75 Å². The van der Waals surface area contributed by atoms with Crippen LogP contribution in [-0.2, 0) is 10.0 Å². The molecule has 4 aromatic rings. The average Bonchev–Trinajstić information content (AvgIpc) is 3.51. The van der Waals surface area contributed by atoms with Gasteiger partial charge in [0.05, 0.1) is 17.3 Å². The van der Waals surface area contributed by atoms with Crippen LogP contribution in [0, 0.1) is 5.92 Å². The lowest BCUT2D eigenvalue weighted by Gasteiger charge is -2.21. The van der Waals surface area contributed by atoms with Gasteiger partial charge >= 0.3 is 0 Å². The van der Waals surface area contributed by atoms with Crippen molar-refractivity contribution in [3.63, 3.8) is 0 Å². The highest BCUT2D eigenvalue weighted by Gasteiger charge is 2.30. The maximum atomic E-state index is 11.9. The Labute approximate surface area is 230 Å². The lowest BCUT2D eigenvalue weighted by atomic mass is 9.98. The number of anilines is 1. The minimum atomic E-state index is -3.26. The lowest BCUT2D eigenvalue weighted by molar-refractivity contribution is 0.261. The smallest absolute Gasteiger partial charge is 0.208 e. The number of H-pyrrole nitrogens is 1. The van der Waals surface area contributed by atoms with Crippen LogP contribution in [0.15, 0.2) is 60.9 Å². The molecular weight excluding hydrogens is 512 g/mol. The number of rotatable bonds is 11. The lowest BCUT2D eigenvalue weighted by Crippen LogP contribution is -2.39. The molecule has 2 heterocycles. The van der Waals surface area contributed by atoms with Crippen molar-refractivity contribution in [3.8, 4) is 28.1 Å². The molecule has 1 fully saturated rings. The molecule has 0 bridgehead atoms. The number of sulfonamides is 1. The Morgan fingerprint density at radius 3 is 2.51 bits per heavy atom. The molecule has 206 valence electrons. The highest BCUT2D eigenvalue weighted by Crippen LogP contribution is 2.41. The van der Waals surface area contributed by atoms with Crippen molar-refractivity contribution in [2.24, 2.45) is 5.92 Å². The molecule has 1 aliphatic rings. The summed E-state index contributed by atoms with van der Waals surface area (Å²) < 4.78 is 32.4. The molecule has 10 heteroatoms. The highest BCUT2D eigenvalue weighted by atomic mass is 32.2. The van der Waals surface area contributed by atoms with Gasteiger partial charge < -0.3 is 19.9 Å². The first kappa shape index (κ1) is 27.1. The standard InChI is InChI=1S/C29H36N6O3S/c1-35(2)16-17-38-23-14-12-21(13-15-23)27-25(20-8-5-4-6-9-20)26-28(31-19-32-29(26)33-27)30-18-22-10-7-11-24(22)34-39(3,36)37/h4-6,8-9,12-15,19,22,24,34H,7,10-11,16-18H2,1-3H3,(H2,30,31,32,33)/t22-,24+/m0/s1. The molecule has 0 unspecified atom stereocenters. The second-order valence-electron chi connectivity index (χ2n) is 10.4. The summed E-state index contributed by atoms with van der Waals surface area (Å²) in [5.41, 5.74) is 4.79. The van der Waals surface area contributed by atoms with Crippen molar-refractivity contribution < 1.29 is 13.2 Å². The average molecular weight is 549 g/mol. The van der Waals surface area contributed by atoms with E-state index in [-0.39, 0.29) is 12.0 Å². The van der Waals surface area contributed by atoms with E-state index in [2.05, 4.69) is 54.2 Å². The molecule has 5 rings (SSSR count). The van der Waals surface area contributed by atoms with E-state index in [0.29, 0.717) is 13.2 Å². The van der Waals surface area contributed by atoms with E-state index >= 15 is 0 Å². The molecule has 0 saturated heterocycles. The number of hydrogen-bond acceptors (Lipinski definition) is 7. The Morgan fingerprint density at radius 2 is 1.79 bits per heavy atom. The Bertz CT molecular complexity index is 1500. The summed E-state index contributed by atoms with van der Waals surface area (Å²) in [4.78, 5) is 14.8. The van der Waals surface area contributed by atoms with Crippen LogP contribution in [0.2, 0.25) is 0 Å².